The summed E-state index contributed by atoms with van der Waals surface area (Å²) in [5.74, 6) is 5.94. The van der Waals surface area contributed by atoms with E-state index >= 15 is 0 Å². The monoisotopic (exact) mass is 550 g/mol. The van der Waals surface area contributed by atoms with E-state index in [1.165, 1.54) is 6.20 Å². The first-order valence-electron chi connectivity index (χ1n) is 12.5. The van der Waals surface area contributed by atoms with E-state index < -0.39 is 22.2 Å². The summed E-state index contributed by atoms with van der Waals surface area (Å²) < 4.78 is 33.9. The fraction of sp³-hybridized carbons (Fsp3) is 0.0938. The predicted molar refractivity (Wildman–Crippen MR) is 152 cm³/mol. The second-order valence-corrected chi connectivity index (χ2v) is 11.0. The van der Waals surface area contributed by atoms with Crippen molar-refractivity contribution >= 4 is 27.0 Å². The van der Waals surface area contributed by atoms with Gasteiger partial charge in [-0.1, -0.05) is 96.3 Å². The first-order chi connectivity index (χ1) is 19.3. The molecule has 0 aliphatic heterocycles. The van der Waals surface area contributed by atoms with Crippen LogP contribution in [0, 0.1) is 18.8 Å². The molecule has 1 heterocycles. The number of hydrogen-bond donors (Lipinski definition) is 1. The average Bonchev–Trinajstić information content (AvgIpc) is 3.37. The number of amides is 1. The Labute approximate surface area is 232 Å². The highest BCUT2D eigenvalue weighted by atomic mass is 32.2. The third kappa shape index (κ3) is 5.61. The number of carbonyl (C=O) groups is 1. The fourth-order valence-electron chi connectivity index (χ4n) is 4.25. The number of rotatable bonds is 6. The van der Waals surface area contributed by atoms with Crippen LogP contribution in [0.25, 0.3) is 10.9 Å². The quantitative estimate of drug-likeness (QED) is 0.152. The highest BCUT2D eigenvalue weighted by Gasteiger charge is 2.30. The van der Waals surface area contributed by atoms with Gasteiger partial charge in [0.2, 0.25) is 0 Å². The lowest BCUT2D eigenvalue weighted by Gasteiger charge is -2.21. The van der Waals surface area contributed by atoms with E-state index in [2.05, 4.69) is 11.8 Å². The summed E-state index contributed by atoms with van der Waals surface area (Å²) in [6.45, 7) is 1.82. The van der Waals surface area contributed by atoms with Gasteiger partial charge in [0.25, 0.3) is 10.0 Å². The van der Waals surface area contributed by atoms with Gasteiger partial charge in [-0.2, -0.15) is 5.06 Å². The van der Waals surface area contributed by atoms with Gasteiger partial charge in [0.1, 0.15) is 6.61 Å². The summed E-state index contributed by atoms with van der Waals surface area (Å²) >= 11 is 0. The van der Waals surface area contributed by atoms with Crippen molar-refractivity contribution in [2.75, 3.05) is 0 Å². The number of aromatic nitrogens is 1. The molecule has 4 aromatic carbocycles. The molecule has 40 heavy (non-hydrogen) atoms. The molecule has 0 spiro atoms. The maximum absolute atomic E-state index is 13.7. The summed E-state index contributed by atoms with van der Waals surface area (Å²) in [6, 6.07) is 30.4. The van der Waals surface area contributed by atoms with Crippen molar-refractivity contribution < 1.29 is 23.2 Å². The van der Waals surface area contributed by atoms with E-state index in [1.807, 2.05) is 43.3 Å². The molecular weight excluding hydrogens is 524 g/mol. The number of para-hydroxylation sites is 1. The van der Waals surface area contributed by atoms with Gasteiger partial charge in [-0.05, 0) is 42.8 Å². The average molecular weight is 551 g/mol. The smallest absolute Gasteiger partial charge is 0.435 e. The number of aryl methyl sites for hydroxylation is 1. The lowest BCUT2D eigenvalue weighted by atomic mass is 10.1. The summed E-state index contributed by atoms with van der Waals surface area (Å²) in [6.07, 6.45) is 0.382. The SMILES string of the molecule is Cc1ccc(S(=O)(=O)n2cc(C(C#Cc3ccccc3)N(O)C(=O)OCc3ccccc3)c3ccccc32)cc1. The zero-order valence-corrected chi connectivity index (χ0v) is 22.5. The molecule has 0 aliphatic carbocycles. The molecule has 0 aliphatic rings. The van der Waals surface area contributed by atoms with Crippen LogP contribution in [0.15, 0.2) is 120 Å². The molecule has 5 rings (SSSR count). The number of hydroxylamine groups is 2. The van der Waals surface area contributed by atoms with Crippen LogP contribution in [0.5, 0.6) is 0 Å². The number of nitrogens with zero attached hydrogens (tertiary/aromatic N) is 2. The molecule has 5 aromatic rings. The maximum Gasteiger partial charge on any atom is 0.435 e. The molecule has 0 bridgehead atoms. The molecule has 0 saturated heterocycles. The van der Waals surface area contributed by atoms with Crippen LogP contribution in [0.2, 0.25) is 0 Å². The summed E-state index contributed by atoms with van der Waals surface area (Å²) in [7, 11) is -4.00. The van der Waals surface area contributed by atoms with E-state index in [-0.39, 0.29) is 11.5 Å². The Hall–Kier alpha value is -4.84. The Bertz CT molecular complexity index is 1800. The van der Waals surface area contributed by atoms with Crippen molar-refractivity contribution in [3.63, 3.8) is 0 Å². The Morgan fingerprint density at radius 2 is 1.52 bits per heavy atom. The lowest BCUT2D eigenvalue weighted by molar-refractivity contribution is -0.0932. The summed E-state index contributed by atoms with van der Waals surface area (Å²) in [5, 5.41) is 12.0. The van der Waals surface area contributed by atoms with Crippen molar-refractivity contribution in [2.24, 2.45) is 0 Å². The van der Waals surface area contributed by atoms with Crippen molar-refractivity contribution in [3.8, 4) is 11.8 Å². The third-order valence-electron chi connectivity index (χ3n) is 6.34. The largest absolute Gasteiger partial charge is 0.443 e. The van der Waals surface area contributed by atoms with Gasteiger partial charge in [-0.3, -0.25) is 5.21 Å². The number of fused-ring (bicyclic) bond motifs is 1. The van der Waals surface area contributed by atoms with Crippen LogP contribution in [0.1, 0.15) is 28.3 Å². The molecule has 1 aromatic heterocycles. The van der Waals surface area contributed by atoms with Gasteiger partial charge in [-0.25, -0.2) is 17.2 Å². The molecular formula is C32H26N2O5S. The minimum atomic E-state index is -4.00. The third-order valence-corrected chi connectivity index (χ3v) is 8.03. The molecule has 1 unspecified atom stereocenters. The van der Waals surface area contributed by atoms with Crippen molar-refractivity contribution in [3.05, 3.63) is 138 Å². The molecule has 8 heteroatoms. The Morgan fingerprint density at radius 3 is 2.23 bits per heavy atom. The normalized spacial score (nSPS) is 11.8. The zero-order chi connectivity index (χ0) is 28.1. The van der Waals surface area contributed by atoms with Gasteiger partial charge in [-0.15, -0.1) is 0 Å². The van der Waals surface area contributed by atoms with Gasteiger partial charge in [0, 0.05) is 22.7 Å². The van der Waals surface area contributed by atoms with E-state index in [0.29, 0.717) is 27.1 Å². The molecule has 7 nitrogen and oxygen atoms in total. The van der Waals surface area contributed by atoms with Crippen LogP contribution in [-0.4, -0.2) is 28.8 Å². The molecule has 200 valence electrons. The molecule has 1 atom stereocenters. The Kier molecular flexibility index (Phi) is 7.69. The second-order valence-electron chi connectivity index (χ2n) is 9.14. The Balaban J connectivity index is 1.59. The fourth-order valence-corrected chi connectivity index (χ4v) is 5.63. The lowest BCUT2D eigenvalue weighted by Crippen LogP contribution is -2.31. The van der Waals surface area contributed by atoms with E-state index in [9.17, 15) is 18.4 Å². The summed E-state index contributed by atoms with van der Waals surface area (Å²) in [4.78, 5) is 13.1. The van der Waals surface area contributed by atoms with Crippen LogP contribution in [0.4, 0.5) is 4.79 Å². The topological polar surface area (TPSA) is 88.8 Å². The maximum atomic E-state index is 13.7. The number of ether oxygens (including phenoxy) is 1. The van der Waals surface area contributed by atoms with Crippen LogP contribution in [0.3, 0.4) is 0 Å². The molecule has 1 amide bonds. The highest BCUT2D eigenvalue weighted by molar-refractivity contribution is 7.90. The second kappa shape index (κ2) is 11.5. The van der Waals surface area contributed by atoms with Crippen LogP contribution in [-0.2, 0) is 21.4 Å². The van der Waals surface area contributed by atoms with Crippen molar-refractivity contribution in [1.82, 2.24) is 9.04 Å². The number of benzene rings is 4. The number of carbonyl (C=O) groups excluding carboxylic acids is 1. The Morgan fingerprint density at radius 1 is 0.900 bits per heavy atom. The van der Waals surface area contributed by atoms with Gasteiger partial charge in [0.05, 0.1) is 10.4 Å². The first kappa shape index (κ1) is 26.8. The van der Waals surface area contributed by atoms with Gasteiger partial charge >= 0.3 is 6.09 Å². The standard InChI is InChI=1S/C32H26N2O5S/c1-24-16-19-27(20-17-24)40(37,38)33-22-29(28-14-8-9-15-30(28)33)31(21-18-25-10-4-2-5-11-25)34(36)32(35)39-23-26-12-6-3-7-13-26/h2-17,19-20,22,31,36H,23H2,1H3. The molecule has 0 fully saturated rings. The van der Waals surface area contributed by atoms with Crippen molar-refractivity contribution in [2.45, 2.75) is 24.5 Å². The summed E-state index contributed by atoms with van der Waals surface area (Å²) in [5.41, 5.74) is 3.05. The zero-order valence-electron chi connectivity index (χ0n) is 21.6. The van der Waals surface area contributed by atoms with Crippen LogP contribution >= 0.6 is 0 Å². The van der Waals surface area contributed by atoms with E-state index in [0.717, 1.165) is 15.1 Å². The minimum Gasteiger partial charge on any atom is -0.443 e. The van der Waals surface area contributed by atoms with Gasteiger partial charge in [0.15, 0.2) is 6.04 Å². The predicted octanol–water partition coefficient (Wildman–Crippen LogP) is 6.31. The van der Waals surface area contributed by atoms with Gasteiger partial charge < -0.3 is 4.74 Å². The molecule has 0 radical (unpaired) electrons. The molecule has 1 N–H and O–H groups in total. The molecule has 0 saturated carbocycles. The highest BCUT2D eigenvalue weighted by Crippen LogP contribution is 2.32. The van der Waals surface area contributed by atoms with Crippen molar-refractivity contribution in [1.29, 1.82) is 0 Å². The van der Waals surface area contributed by atoms with E-state index in [4.69, 9.17) is 4.74 Å². The number of hydrogen-bond acceptors (Lipinski definition) is 5. The minimum absolute atomic E-state index is 0.0564. The van der Waals surface area contributed by atoms with Crippen LogP contribution < -0.4 is 0 Å². The van der Waals surface area contributed by atoms with E-state index in [1.54, 1.807) is 72.8 Å². The first-order valence-corrected chi connectivity index (χ1v) is 14.0.